The smallest absolute Gasteiger partial charge is 0.0528 e. The fourth-order valence-electron chi connectivity index (χ4n) is 3.28. The highest BCUT2D eigenvalue weighted by atomic mass is 16.3. The second-order valence-electron chi connectivity index (χ2n) is 5.99. The summed E-state index contributed by atoms with van der Waals surface area (Å²) in [6, 6.07) is 8.77. The van der Waals surface area contributed by atoms with Gasteiger partial charge in [0, 0.05) is 5.41 Å². The fraction of sp³-hybridized carbons (Fsp3) is 0.625. The summed E-state index contributed by atoms with van der Waals surface area (Å²) < 4.78 is 0. The maximum absolute atomic E-state index is 9.63. The lowest BCUT2D eigenvalue weighted by Gasteiger charge is -2.25. The van der Waals surface area contributed by atoms with Crippen LogP contribution in [0, 0.1) is 5.92 Å². The summed E-state index contributed by atoms with van der Waals surface area (Å²) in [6.45, 7) is 2.65. The van der Waals surface area contributed by atoms with Gasteiger partial charge in [0.1, 0.15) is 0 Å². The van der Waals surface area contributed by atoms with Crippen LogP contribution >= 0.6 is 0 Å². The molecular formula is C16H23NO. The van der Waals surface area contributed by atoms with Crippen molar-refractivity contribution >= 4 is 0 Å². The van der Waals surface area contributed by atoms with Crippen molar-refractivity contribution in [3.8, 4) is 0 Å². The minimum Gasteiger partial charge on any atom is -0.395 e. The highest BCUT2D eigenvalue weighted by Crippen LogP contribution is 2.49. The standard InChI is InChI=1S/C16H23NO/c18-12-16(7-8-16)15-4-2-1-3-14(15)11-13-5-9-17-10-6-13/h1-4,13,17-18H,5-12H2. The Kier molecular flexibility index (Phi) is 3.40. The van der Waals surface area contributed by atoms with E-state index in [1.165, 1.54) is 30.4 Å². The van der Waals surface area contributed by atoms with Gasteiger partial charge in [0.15, 0.2) is 0 Å². The molecule has 0 atom stereocenters. The molecule has 18 heavy (non-hydrogen) atoms. The summed E-state index contributed by atoms with van der Waals surface area (Å²) in [6.07, 6.45) is 6.10. The van der Waals surface area contributed by atoms with Crippen molar-refractivity contribution in [3.63, 3.8) is 0 Å². The van der Waals surface area contributed by atoms with Gasteiger partial charge in [-0.2, -0.15) is 0 Å². The lowest BCUT2D eigenvalue weighted by molar-refractivity contribution is 0.254. The van der Waals surface area contributed by atoms with Gasteiger partial charge in [-0.1, -0.05) is 24.3 Å². The van der Waals surface area contributed by atoms with E-state index in [0.717, 1.165) is 31.8 Å². The zero-order chi connectivity index (χ0) is 12.4. The summed E-state index contributed by atoms with van der Waals surface area (Å²) in [4.78, 5) is 0. The Morgan fingerprint density at radius 1 is 1.17 bits per heavy atom. The van der Waals surface area contributed by atoms with Gasteiger partial charge in [0.25, 0.3) is 0 Å². The molecule has 0 amide bonds. The third-order valence-corrected chi connectivity index (χ3v) is 4.71. The van der Waals surface area contributed by atoms with E-state index in [2.05, 4.69) is 29.6 Å². The largest absolute Gasteiger partial charge is 0.395 e. The molecule has 1 aliphatic heterocycles. The molecule has 2 fully saturated rings. The first kappa shape index (κ1) is 12.2. The molecular weight excluding hydrogens is 222 g/mol. The van der Waals surface area contributed by atoms with Gasteiger partial charge in [-0.25, -0.2) is 0 Å². The SMILES string of the molecule is OCC1(c2ccccc2CC2CCNCC2)CC1. The molecule has 1 saturated carbocycles. The summed E-state index contributed by atoms with van der Waals surface area (Å²) >= 11 is 0. The van der Waals surface area contributed by atoms with E-state index in [9.17, 15) is 5.11 Å². The van der Waals surface area contributed by atoms with Gasteiger partial charge in [0.2, 0.25) is 0 Å². The van der Waals surface area contributed by atoms with Crippen LogP contribution in [-0.4, -0.2) is 24.8 Å². The molecule has 1 heterocycles. The molecule has 1 aromatic rings. The predicted molar refractivity (Wildman–Crippen MR) is 73.7 cm³/mol. The summed E-state index contributed by atoms with van der Waals surface area (Å²) in [5.41, 5.74) is 3.02. The topological polar surface area (TPSA) is 32.3 Å². The third kappa shape index (κ3) is 2.32. The normalized spacial score (nSPS) is 22.9. The number of hydrogen-bond donors (Lipinski definition) is 2. The molecule has 2 heteroatoms. The zero-order valence-corrected chi connectivity index (χ0v) is 11.0. The van der Waals surface area contributed by atoms with Crippen LogP contribution < -0.4 is 5.32 Å². The van der Waals surface area contributed by atoms with Crippen LogP contribution in [0.2, 0.25) is 0 Å². The van der Waals surface area contributed by atoms with Gasteiger partial charge in [-0.05, 0) is 62.2 Å². The first-order chi connectivity index (χ1) is 8.84. The predicted octanol–water partition coefficient (Wildman–Crippen LogP) is 2.25. The van der Waals surface area contributed by atoms with Crippen molar-refractivity contribution in [3.05, 3.63) is 35.4 Å². The van der Waals surface area contributed by atoms with Crippen molar-refractivity contribution in [1.29, 1.82) is 0 Å². The van der Waals surface area contributed by atoms with Gasteiger partial charge < -0.3 is 10.4 Å². The molecule has 0 unspecified atom stereocenters. The molecule has 2 N–H and O–H groups in total. The summed E-state index contributed by atoms with van der Waals surface area (Å²) in [5, 5.41) is 13.1. The molecule has 1 aliphatic carbocycles. The highest BCUT2D eigenvalue weighted by molar-refractivity contribution is 5.39. The Morgan fingerprint density at radius 3 is 2.56 bits per heavy atom. The Labute approximate surface area is 109 Å². The van der Waals surface area contributed by atoms with Crippen molar-refractivity contribution in [2.24, 2.45) is 5.92 Å². The minimum absolute atomic E-state index is 0.115. The fourth-order valence-corrected chi connectivity index (χ4v) is 3.28. The molecule has 0 radical (unpaired) electrons. The monoisotopic (exact) mass is 245 g/mol. The zero-order valence-electron chi connectivity index (χ0n) is 11.0. The molecule has 0 spiro atoms. The number of nitrogens with one attached hydrogen (secondary N) is 1. The third-order valence-electron chi connectivity index (χ3n) is 4.71. The number of rotatable bonds is 4. The quantitative estimate of drug-likeness (QED) is 0.853. The van der Waals surface area contributed by atoms with Crippen molar-refractivity contribution in [2.75, 3.05) is 19.7 Å². The lowest BCUT2D eigenvalue weighted by Crippen LogP contribution is -2.29. The van der Waals surface area contributed by atoms with Crippen molar-refractivity contribution in [1.82, 2.24) is 5.32 Å². The number of aliphatic hydroxyl groups excluding tert-OH is 1. The highest BCUT2D eigenvalue weighted by Gasteiger charge is 2.44. The Hall–Kier alpha value is -0.860. The second kappa shape index (κ2) is 5.02. The number of benzene rings is 1. The van der Waals surface area contributed by atoms with Gasteiger partial charge in [0.05, 0.1) is 6.61 Å². The number of aliphatic hydroxyl groups is 1. The second-order valence-corrected chi connectivity index (χ2v) is 5.99. The Bertz CT molecular complexity index is 405. The maximum Gasteiger partial charge on any atom is 0.0528 e. The van der Waals surface area contributed by atoms with Crippen LogP contribution in [0.3, 0.4) is 0 Å². The molecule has 1 saturated heterocycles. The summed E-state index contributed by atoms with van der Waals surface area (Å²) in [7, 11) is 0. The Balaban J connectivity index is 1.79. The first-order valence-electron chi connectivity index (χ1n) is 7.24. The van der Waals surface area contributed by atoms with E-state index < -0.39 is 0 Å². The maximum atomic E-state index is 9.63. The summed E-state index contributed by atoms with van der Waals surface area (Å²) in [5.74, 6) is 0.821. The molecule has 0 aromatic heterocycles. The van der Waals surface area contributed by atoms with E-state index in [-0.39, 0.29) is 5.41 Å². The molecule has 2 nitrogen and oxygen atoms in total. The number of hydrogen-bond acceptors (Lipinski definition) is 2. The van der Waals surface area contributed by atoms with Gasteiger partial charge in [-0.3, -0.25) is 0 Å². The van der Waals surface area contributed by atoms with E-state index in [4.69, 9.17) is 0 Å². The molecule has 1 aromatic carbocycles. The molecule has 3 rings (SSSR count). The van der Waals surface area contributed by atoms with E-state index >= 15 is 0 Å². The minimum atomic E-state index is 0.115. The lowest BCUT2D eigenvalue weighted by atomic mass is 9.84. The van der Waals surface area contributed by atoms with E-state index in [1.54, 1.807) is 0 Å². The van der Waals surface area contributed by atoms with E-state index in [0.29, 0.717) is 6.61 Å². The van der Waals surface area contributed by atoms with Crippen LogP contribution in [0.4, 0.5) is 0 Å². The number of piperidine rings is 1. The molecule has 98 valence electrons. The van der Waals surface area contributed by atoms with Crippen LogP contribution in [0.15, 0.2) is 24.3 Å². The van der Waals surface area contributed by atoms with Crippen LogP contribution in [-0.2, 0) is 11.8 Å². The van der Waals surface area contributed by atoms with Gasteiger partial charge in [-0.15, -0.1) is 0 Å². The van der Waals surface area contributed by atoms with Crippen LogP contribution in [0.1, 0.15) is 36.8 Å². The molecule has 0 bridgehead atoms. The average Bonchev–Trinajstić information content (AvgIpc) is 3.22. The van der Waals surface area contributed by atoms with Crippen molar-refractivity contribution in [2.45, 2.75) is 37.5 Å². The van der Waals surface area contributed by atoms with Crippen LogP contribution in [0.5, 0.6) is 0 Å². The Morgan fingerprint density at radius 2 is 1.89 bits per heavy atom. The van der Waals surface area contributed by atoms with Crippen molar-refractivity contribution < 1.29 is 5.11 Å². The average molecular weight is 245 g/mol. The first-order valence-corrected chi connectivity index (χ1v) is 7.24. The van der Waals surface area contributed by atoms with Gasteiger partial charge >= 0.3 is 0 Å². The van der Waals surface area contributed by atoms with E-state index in [1.807, 2.05) is 0 Å². The van der Waals surface area contributed by atoms with Crippen LogP contribution in [0.25, 0.3) is 0 Å². The molecule has 2 aliphatic rings.